The first kappa shape index (κ1) is 12.3. The minimum absolute atomic E-state index is 0.217. The van der Waals surface area contributed by atoms with E-state index < -0.39 is 16.0 Å². The highest BCUT2D eigenvalue weighted by Crippen LogP contribution is 2.62. The van der Waals surface area contributed by atoms with Crippen molar-refractivity contribution in [3.05, 3.63) is 33.8 Å². The summed E-state index contributed by atoms with van der Waals surface area (Å²) >= 11 is 23.2. The van der Waals surface area contributed by atoms with Gasteiger partial charge in [-0.05, 0) is 12.1 Å². The number of nitrogens with two attached hydrogens (primary N) is 1. The van der Waals surface area contributed by atoms with Crippen LogP contribution in [0.25, 0.3) is 0 Å². The molecule has 1 atom stereocenters. The number of hydrogen-bond donors (Lipinski definition) is 1. The molecular weight excluding hydrogens is 296 g/mol. The number of amides is 1. The second-order valence-corrected chi connectivity index (χ2v) is 5.39. The number of carbonyl (C=O) groups excluding carboxylic acids is 1. The van der Waals surface area contributed by atoms with Gasteiger partial charge >= 0.3 is 0 Å². The Bertz CT molecular complexity index is 477. The van der Waals surface area contributed by atoms with Gasteiger partial charge < -0.3 is 10.5 Å². The molecule has 1 aliphatic heterocycles. The summed E-state index contributed by atoms with van der Waals surface area (Å²) in [6.07, 6.45) is 0. The summed E-state index contributed by atoms with van der Waals surface area (Å²) in [5.41, 5.74) is 3.93. The van der Waals surface area contributed by atoms with Crippen molar-refractivity contribution in [2.24, 2.45) is 5.73 Å². The van der Waals surface area contributed by atoms with Gasteiger partial charge in [0, 0.05) is 15.6 Å². The number of hydrogen-bond acceptors (Lipinski definition) is 2. The third-order valence-corrected chi connectivity index (χ3v) is 3.54. The highest BCUT2D eigenvalue weighted by molar-refractivity contribution is 6.52. The van der Waals surface area contributed by atoms with Gasteiger partial charge in [-0.25, -0.2) is 0 Å². The second kappa shape index (κ2) is 3.65. The molecule has 1 unspecified atom stereocenters. The van der Waals surface area contributed by atoms with Crippen molar-refractivity contribution in [2.45, 2.75) is 10.1 Å². The molecule has 86 valence electrons. The lowest BCUT2D eigenvalue weighted by atomic mass is 9.99. The van der Waals surface area contributed by atoms with Gasteiger partial charge in [0.15, 0.2) is 0 Å². The fourth-order valence-electron chi connectivity index (χ4n) is 1.48. The predicted octanol–water partition coefficient (Wildman–Crippen LogP) is 2.84. The number of epoxide rings is 1. The second-order valence-electron chi connectivity index (χ2n) is 3.29. The predicted molar refractivity (Wildman–Crippen MR) is 62.9 cm³/mol. The van der Waals surface area contributed by atoms with Crippen molar-refractivity contribution in [3.63, 3.8) is 0 Å². The van der Waals surface area contributed by atoms with Crippen LogP contribution in [0, 0.1) is 0 Å². The van der Waals surface area contributed by atoms with E-state index in [1.165, 1.54) is 12.1 Å². The Balaban J connectivity index is 2.56. The molecule has 3 nitrogen and oxygen atoms in total. The fraction of sp³-hybridized carbons (Fsp3) is 0.222. The number of alkyl halides is 2. The topological polar surface area (TPSA) is 55.6 Å². The van der Waals surface area contributed by atoms with Gasteiger partial charge in [-0.2, -0.15) is 0 Å². The van der Waals surface area contributed by atoms with Gasteiger partial charge in [0.05, 0.1) is 0 Å². The van der Waals surface area contributed by atoms with Crippen LogP contribution in [0.2, 0.25) is 10.0 Å². The summed E-state index contributed by atoms with van der Waals surface area (Å²) in [5, 5.41) is 0.637. The van der Waals surface area contributed by atoms with Gasteiger partial charge in [0.25, 0.3) is 10.4 Å². The molecule has 0 bridgehead atoms. The largest absolute Gasteiger partial charge is 0.367 e. The van der Waals surface area contributed by atoms with E-state index in [-0.39, 0.29) is 5.02 Å². The number of halogens is 4. The maximum Gasteiger partial charge on any atom is 0.262 e. The molecule has 0 aliphatic carbocycles. The SMILES string of the molecule is NC(=O)C1(c2ccc(Cl)cc2Cl)OC1(Cl)Cl. The fourth-order valence-corrected chi connectivity index (χ4v) is 2.64. The van der Waals surface area contributed by atoms with Crippen molar-refractivity contribution in [1.29, 1.82) is 0 Å². The number of ether oxygens (including phenoxy) is 1. The Labute approximate surface area is 111 Å². The Kier molecular flexibility index (Phi) is 2.80. The molecule has 0 radical (unpaired) electrons. The van der Waals surface area contributed by atoms with Crippen LogP contribution >= 0.6 is 46.4 Å². The smallest absolute Gasteiger partial charge is 0.262 e. The van der Waals surface area contributed by atoms with E-state index in [1.54, 1.807) is 6.07 Å². The maximum absolute atomic E-state index is 11.4. The van der Waals surface area contributed by atoms with E-state index in [4.69, 9.17) is 56.9 Å². The van der Waals surface area contributed by atoms with Gasteiger partial charge in [-0.1, -0.05) is 52.5 Å². The Morgan fingerprint density at radius 1 is 1.31 bits per heavy atom. The molecule has 0 saturated carbocycles. The molecule has 1 heterocycles. The summed E-state index contributed by atoms with van der Waals surface area (Å²) < 4.78 is 3.30. The third kappa shape index (κ3) is 1.59. The van der Waals surface area contributed by atoms with Crippen LogP contribution in [0.5, 0.6) is 0 Å². The van der Waals surface area contributed by atoms with Crippen molar-refractivity contribution in [3.8, 4) is 0 Å². The molecule has 1 aromatic rings. The summed E-state index contributed by atoms with van der Waals surface area (Å²) in [5.74, 6) is -0.804. The zero-order valence-corrected chi connectivity index (χ0v) is 10.7. The first-order valence-electron chi connectivity index (χ1n) is 4.15. The molecule has 1 fully saturated rings. The number of benzene rings is 1. The highest BCUT2D eigenvalue weighted by atomic mass is 35.5. The van der Waals surface area contributed by atoms with Crippen molar-refractivity contribution in [2.75, 3.05) is 0 Å². The lowest BCUT2D eigenvalue weighted by Gasteiger charge is -2.11. The van der Waals surface area contributed by atoms with E-state index in [9.17, 15) is 4.79 Å². The number of rotatable bonds is 2. The van der Waals surface area contributed by atoms with E-state index in [1.807, 2.05) is 0 Å². The van der Waals surface area contributed by atoms with Crippen molar-refractivity contribution >= 4 is 52.3 Å². The van der Waals surface area contributed by atoms with Crippen LogP contribution in [0.15, 0.2) is 18.2 Å². The number of carbonyl (C=O) groups is 1. The number of primary amides is 1. The normalized spacial score (nSPS) is 26.5. The molecule has 1 amide bonds. The average molecular weight is 301 g/mol. The molecule has 2 N–H and O–H groups in total. The van der Waals surface area contributed by atoms with Gasteiger partial charge in [0.1, 0.15) is 0 Å². The minimum Gasteiger partial charge on any atom is -0.367 e. The molecule has 2 rings (SSSR count). The van der Waals surface area contributed by atoms with E-state index >= 15 is 0 Å². The molecule has 1 aromatic carbocycles. The molecule has 0 spiro atoms. The first-order chi connectivity index (χ1) is 7.31. The van der Waals surface area contributed by atoms with Crippen LogP contribution in [-0.4, -0.2) is 10.4 Å². The third-order valence-electron chi connectivity index (χ3n) is 2.31. The quantitative estimate of drug-likeness (QED) is 0.674. The summed E-state index contributed by atoms with van der Waals surface area (Å²) in [4.78, 5) is 11.4. The zero-order chi connectivity index (χ0) is 12.1. The van der Waals surface area contributed by atoms with E-state index in [2.05, 4.69) is 0 Å². The van der Waals surface area contributed by atoms with Crippen LogP contribution in [0.3, 0.4) is 0 Å². The molecule has 0 aromatic heterocycles. The lowest BCUT2D eigenvalue weighted by molar-refractivity contribution is -0.123. The van der Waals surface area contributed by atoms with Gasteiger partial charge in [-0.3, -0.25) is 4.79 Å². The maximum atomic E-state index is 11.4. The van der Waals surface area contributed by atoms with E-state index in [0.29, 0.717) is 10.6 Å². The highest BCUT2D eigenvalue weighted by Gasteiger charge is 2.75. The van der Waals surface area contributed by atoms with Crippen LogP contribution in [0.4, 0.5) is 0 Å². The van der Waals surface area contributed by atoms with Gasteiger partial charge in [-0.15, -0.1) is 0 Å². The molecule has 16 heavy (non-hydrogen) atoms. The van der Waals surface area contributed by atoms with Gasteiger partial charge in [0.2, 0.25) is 5.60 Å². The summed E-state index contributed by atoms with van der Waals surface area (Å²) in [6, 6.07) is 4.50. The van der Waals surface area contributed by atoms with Crippen molar-refractivity contribution < 1.29 is 9.53 Å². The standard InChI is InChI=1S/C9H5Cl4NO2/c10-4-1-2-5(6(11)3-4)8(7(14)15)9(12,13)16-8/h1-3H,(H2,14,15). The molecular formula is C9H5Cl4NO2. The van der Waals surface area contributed by atoms with Crippen LogP contribution < -0.4 is 5.73 Å². The first-order valence-corrected chi connectivity index (χ1v) is 5.66. The summed E-state index contributed by atoms with van der Waals surface area (Å²) in [6.45, 7) is 0. The molecule has 1 aliphatic rings. The Morgan fingerprint density at radius 3 is 2.25 bits per heavy atom. The van der Waals surface area contributed by atoms with Crippen LogP contribution in [0.1, 0.15) is 5.56 Å². The molecule has 7 heteroatoms. The minimum atomic E-state index is -1.68. The average Bonchev–Trinajstić information content (AvgIpc) is 2.70. The monoisotopic (exact) mass is 299 g/mol. The van der Waals surface area contributed by atoms with Crippen LogP contribution in [-0.2, 0) is 15.1 Å². The van der Waals surface area contributed by atoms with E-state index in [0.717, 1.165) is 0 Å². The molecule has 1 saturated heterocycles. The lowest BCUT2D eigenvalue weighted by Crippen LogP contribution is -2.33. The Morgan fingerprint density at radius 2 is 1.88 bits per heavy atom. The Hall–Kier alpha value is -0.190. The summed E-state index contributed by atoms with van der Waals surface area (Å²) in [7, 11) is 0. The zero-order valence-electron chi connectivity index (χ0n) is 7.64. The van der Waals surface area contributed by atoms with Crippen molar-refractivity contribution in [1.82, 2.24) is 0 Å².